The Hall–Kier alpha value is -0.960. The first kappa shape index (κ1) is 13.1. The fourth-order valence-corrected chi connectivity index (χ4v) is 1.63. The number of nitrogen functional groups attached to an aromatic ring is 1. The molecule has 1 aromatic rings. The van der Waals surface area contributed by atoms with Gasteiger partial charge in [0.2, 0.25) is 0 Å². The van der Waals surface area contributed by atoms with Gasteiger partial charge in [-0.2, -0.15) is 0 Å². The van der Waals surface area contributed by atoms with Crippen LogP contribution in [0.4, 0.5) is 11.5 Å². The van der Waals surface area contributed by atoms with Crippen molar-refractivity contribution in [3.63, 3.8) is 0 Å². The fraction of sp³-hybridized carbons (Fsp3) is 0.583. The second kappa shape index (κ2) is 5.94. The molecule has 0 aliphatic carbocycles. The van der Waals surface area contributed by atoms with Gasteiger partial charge in [-0.25, -0.2) is 4.98 Å². The molecule has 0 saturated heterocycles. The molecular formula is C12H20ClN3. The van der Waals surface area contributed by atoms with Crippen molar-refractivity contribution in [2.75, 3.05) is 11.1 Å². The number of pyridine rings is 1. The third kappa shape index (κ3) is 4.27. The van der Waals surface area contributed by atoms with Crippen molar-refractivity contribution in [3.8, 4) is 0 Å². The Kier molecular flexibility index (Phi) is 4.87. The number of aromatic nitrogens is 1. The largest absolute Gasteiger partial charge is 0.396 e. The summed E-state index contributed by atoms with van der Waals surface area (Å²) >= 11 is 5.79. The third-order valence-electron chi connectivity index (χ3n) is 2.44. The van der Waals surface area contributed by atoms with E-state index in [9.17, 15) is 0 Å². The van der Waals surface area contributed by atoms with Crippen LogP contribution in [-0.4, -0.2) is 11.0 Å². The van der Waals surface area contributed by atoms with E-state index in [1.165, 1.54) is 6.42 Å². The maximum atomic E-state index is 5.82. The average Bonchev–Trinajstić information content (AvgIpc) is 2.19. The van der Waals surface area contributed by atoms with Crippen molar-refractivity contribution in [1.29, 1.82) is 0 Å². The van der Waals surface area contributed by atoms with Crippen LogP contribution in [0.5, 0.6) is 0 Å². The number of anilines is 2. The molecule has 4 heteroatoms. The average molecular weight is 242 g/mol. The smallest absolute Gasteiger partial charge is 0.149 e. The summed E-state index contributed by atoms with van der Waals surface area (Å²) in [5.74, 6) is 1.44. The Balaban J connectivity index is 2.52. The van der Waals surface area contributed by atoms with Gasteiger partial charge in [0.15, 0.2) is 0 Å². The summed E-state index contributed by atoms with van der Waals surface area (Å²) in [4.78, 5) is 4.18. The van der Waals surface area contributed by atoms with Gasteiger partial charge in [-0.3, -0.25) is 0 Å². The summed E-state index contributed by atoms with van der Waals surface area (Å²) < 4.78 is 0. The van der Waals surface area contributed by atoms with E-state index in [1.54, 1.807) is 12.3 Å². The number of nitrogens with one attached hydrogen (secondary N) is 1. The molecule has 0 bridgehead atoms. The minimum Gasteiger partial charge on any atom is -0.396 e. The first-order chi connectivity index (χ1) is 7.49. The minimum atomic E-state index is 0.373. The van der Waals surface area contributed by atoms with Crippen molar-refractivity contribution in [3.05, 3.63) is 17.3 Å². The maximum Gasteiger partial charge on any atom is 0.149 e. The van der Waals surface area contributed by atoms with E-state index in [2.05, 4.69) is 31.1 Å². The highest BCUT2D eigenvalue weighted by atomic mass is 35.5. The number of nitrogens with zero attached hydrogens (tertiary/aromatic N) is 1. The molecule has 0 aliphatic heterocycles. The highest BCUT2D eigenvalue weighted by Gasteiger charge is 2.07. The Morgan fingerprint density at radius 2 is 2.06 bits per heavy atom. The quantitative estimate of drug-likeness (QED) is 0.829. The molecule has 0 amide bonds. The summed E-state index contributed by atoms with van der Waals surface area (Å²) in [7, 11) is 0. The summed E-state index contributed by atoms with van der Waals surface area (Å²) in [5, 5.41) is 3.87. The van der Waals surface area contributed by atoms with E-state index in [-0.39, 0.29) is 0 Å². The Labute approximate surface area is 102 Å². The van der Waals surface area contributed by atoms with Crippen LogP contribution in [0.3, 0.4) is 0 Å². The zero-order chi connectivity index (χ0) is 12.1. The van der Waals surface area contributed by atoms with Crippen LogP contribution in [0, 0.1) is 5.92 Å². The summed E-state index contributed by atoms with van der Waals surface area (Å²) in [6.45, 7) is 6.58. The molecule has 0 saturated carbocycles. The van der Waals surface area contributed by atoms with Crippen molar-refractivity contribution in [2.45, 2.75) is 39.7 Å². The molecule has 1 atom stereocenters. The van der Waals surface area contributed by atoms with Crippen molar-refractivity contribution in [1.82, 2.24) is 4.98 Å². The van der Waals surface area contributed by atoms with Gasteiger partial charge >= 0.3 is 0 Å². The summed E-state index contributed by atoms with van der Waals surface area (Å²) in [6, 6.07) is 2.09. The third-order valence-corrected chi connectivity index (χ3v) is 2.65. The molecule has 90 valence electrons. The van der Waals surface area contributed by atoms with Crippen molar-refractivity contribution in [2.24, 2.45) is 5.92 Å². The second-order valence-electron chi connectivity index (χ2n) is 4.61. The van der Waals surface area contributed by atoms with E-state index >= 15 is 0 Å². The first-order valence-corrected chi connectivity index (χ1v) is 6.04. The molecule has 1 heterocycles. The number of hydrogen-bond acceptors (Lipinski definition) is 3. The van der Waals surface area contributed by atoms with E-state index in [4.69, 9.17) is 17.3 Å². The molecule has 0 aliphatic rings. The van der Waals surface area contributed by atoms with E-state index < -0.39 is 0 Å². The molecule has 0 fully saturated rings. The molecule has 1 aromatic heterocycles. The summed E-state index contributed by atoms with van der Waals surface area (Å²) in [6.07, 6.45) is 3.92. The zero-order valence-electron chi connectivity index (χ0n) is 10.1. The van der Waals surface area contributed by atoms with Crippen LogP contribution >= 0.6 is 11.6 Å². The van der Waals surface area contributed by atoms with Crippen LogP contribution in [0.15, 0.2) is 12.3 Å². The predicted octanol–water partition coefficient (Wildman–Crippen LogP) is 3.55. The minimum absolute atomic E-state index is 0.373. The topological polar surface area (TPSA) is 50.9 Å². The highest BCUT2D eigenvalue weighted by molar-refractivity contribution is 6.30. The van der Waals surface area contributed by atoms with Gasteiger partial charge in [-0.05, 0) is 31.7 Å². The summed E-state index contributed by atoms with van der Waals surface area (Å²) in [5.41, 5.74) is 6.42. The lowest BCUT2D eigenvalue weighted by atomic mass is 10.0. The molecule has 3 nitrogen and oxygen atoms in total. The normalized spacial score (nSPS) is 12.8. The van der Waals surface area contributed by atoms with Gasteiger partial charge in [-0.1, -0.05) is 25.4 Å². The van der Waals surface area contributed by atoms with E-state index in [0.29, 0.717) is 16.8 Å². The lowest BCUT2D eigenvalue weighted by Crippen LogP contribution is -2.17. The van der Waals surface area contributed by atoms with Gasteiger partial charge in [0.1, 0.15) is 5.82 Å². The van der Waals surface area contributed by atoms with Crippen LogP contribution < -0.4 is 11.1 Å². The van der Waals surface area contributed by atoms with Crippen molar-refractivity contribution >= 4 is 23.1 Å². The number of halogens is 1. The zero-order valence-corrected chi connectivity index (χ0v) is 10.9. The van der Waals surface area contributed by atoms with Gasteiger partial charge in [0.25, 0.3) is 0 Å². The highest BCUT2D eigenvalue weighted by Crippen LogP contribution is 2.21. The SMILES string of the molecule is CC(C)CCC(C)Nc1ncc(Cl)cc1N. The van der Waals surface area contributed by atoms with Gasteiger partial charge in [-0.15, -0.1) is 0 Å². The number of nitrogens with two attached hydrogens (primary N) is 1. The molecular weight excluding hydrogens is 222 g/mol. The molecule has 0 spiro atoms. The van der Waals surface area contributed by atoms with Gasteiger partial charge in [0.05, 0.1) is 10.7 Å². The standard InChI is InChI=1S/C12H20ClN3/c1-8(2)4-5-9(3)16-12-11(14)6-10(13)7-15-12/h6-9H,4-5,14H2,1-3H3,(H,15,16). The fourth-order valence-electron chi connectivity index (χ4n) is 1.46. The lowest BCUT2D eigenvalue weighted by molar-refractivity contribution is 0.527. The maximum absolute atomic E-state index is 5.82. The number of hydrogen-bond donors (Lipinski definition) is 2. The Morgan fingerprint density at radius 1 is 1.38 bits per heavy atom. The molecule has 1 rings (SSSR count). The number of rotatable bonds is 5. The Bertz CT molecular complexity index is 339. The second-order valence-corrected chi connectivity index (χ2v) is 5.04. The molecule has 0 radical (unpaired) electrons. The predicted molar refractivity (Wildman–Crippen MR) is 70.8 cm³/mol. The van der Waals surface area contributed by atoms with Gasteiger partial charge in [0, 0.05) is 12.2 Å². The van der Waals surface area contributed by atoms with E-state index in [0.717, 1.165) is 18.2 Å². The van der Waals surface area contributed by atoms with Crippen molar-refractivity contribution < 1.29 is 0 Å². The van der Waals surface area contributed by atoms with E-state index in [1.807, 2.05) is 0 Å². The first-order valence-electron chi connectivity index (χ1n) is 5.66. The van der Waals surface area contributed by atoms with Gasteiger partial charge < -0.3 is 11.1 Å². The monoisotopic (exact) mass is 241 g/mol. The van der Waals surface area contributed by atoms with Crippen LogP contribution in [-0.2, 0) is 0 Å². The molecule has 3 N–H and O–H groups in total. The molecule has 1 unspecified atom stereocenters. The molecule has 0 aromatic carbocycles. The molecule has 16 heavy (non-hydrogen) atoms. The van der Waals surface area contributed by atoms with Crippen LogP contribution in [0.1, 0.15) is 33.6 Å². The van der Waals surface area contributed by atoms with Crippen LogP contribution in [0.2, 0.25) is 5.02 Å². The lowest BCUT2D eigenvalue weighted by Gasteiger charge is -2.16. The Morgan fingerprint density at radius 3 is 2.62 bits per heavy atom. The van der Waals surface area contributed by atoms with Crippen LogP contribution in [0.25, 0.3) is 0 Å².